The first-order valence-electron chi connectivity index (χ1n) is 6.68. The quantitative estimate of drug-likeness (QED) is 0.480. The fraction of sp³-hybridized carbons (Fsp3) is 1.00. The highest BCUT2D eigenvalue weighted by molar-refractivity contribution is 4.73. The van der Waals surface area contributed by atoms with E-state index in [0.717, 1.165) is 45.2 Å². The van der Waals surface area contributed by atoms with Gasteiger partial charge in [-0.3, -0.25) is 0 Å². The highest BCUT2D eigenvalue weighted by atomic mass is 16.6. The van der Waals surface area contributed by atoms with Crippen LogP contribution in [-0.4, -0.2) is 52.4 Å². The number of hydrogen-bond donors (Lipinski definition) is 0. The van der Waals surface area contributed by atoms with Crippen LogP contribution < -0.4 is 0 Å². The fourth-order valence-corrected chi connectivity index (χ4v) is 2.29. The van der Waals surface area contributed by atoms with Crippen LogP contribution in [0.15, 0.2) is 0 Å². The summed E-state index contributed by atoms with van der Waals surface area (Å²) in [5.74, 6) is 0.719. The molecule has 2 rings (SSSR count). The summed E-state index contributed by atoms with van der Waals surface area (Å²) in [5.41, 5.74) is 0. The smallest absolute Gasteiger partial charge is 0.104 e. The summed E-state index contributed by atoms with van der Waals surface area (Å²) in [7, 11) is 1.71. The van der Waals surface area contributed by atoms with E-state index < -0.39 is 0 Å². The Bertz CT molecular complexity index is 198. The minimum atomic E-state index is 0.392. The van der Waals surface area contributed by atoms with Gasteiger partial charge in [0, 0.05) is 13.7 Å². The summed E-state index contributed by atoms with van der Waals surface area (Å²) in [6, 6.07) is 0. The van der Waals surface area contributed by atoms with Crippen LogP contribution >= 0.6 is 0 Å². The van der Waals surface area contributed by atoms with Crippen LogP contribution in [0.2, 0.25) is 0 Å². The van der Waals surface area contributed by atoms with E-state index in [1.165, 1.54) is 12.8 Å². The van der Waals surface area contributed by atoms with Gasteiger partial charge in [-0.1, -0.05) is 0 Å². The molecule has 17 heavy (non-hydrogen) atoms. The van der Waals surface area contributed by atoms with Crippen molar-refractivity contribution >= 4 is 0 Å². The molecule has 1 atom stereocenters. The van der Waals surface area contributed by atoms with Crippen LogP contribution in [0.5, 0.6) is 0 Å². The van der Waals surface area contributed by atoms with Crippen molar-refractivity contribution in [3.63, 3.8) is 0 Å². The molecule has 1 heterocycles. The Labute approximate surface area is 104 Å². The Kier molecular flexibility index (Phi) is 5.71. The van der Waals surface area contributed by atoms with Crippen LogP contribution in [0.3, 0.4) is 0 Å². The zero-order valence-electron chi connectivity index (χ0n) is 10.7. The lowest BCUT2D eigenvalue weighted by Crippen LogP contribution is -2.25. The van der Waals surface area contributed by atoms with E-state index in [2.05, 4.69) is 0 Å². The van der Waals surface area contributed by atoms with Crippen molar-refractivity contribution in [2.24, 2.45) is 5.92 Å². The van der Waals surface area contributed by atoms with Crippen molar-refractivity contribution in [1.29, 1.82) is 0 Å². The Morgan fingerprint density at radius 1 is 1.06 bits per heavy atom. The number of methoxy groups -OCH3 is 1. The predicted octanol–water partition coefficient (Wildman–Crippen LogP) is 1.62. The molecule has 2 aliphatic rings. The molecular weight excluding hydrogens is 220 g/mol. The Hall–Kier alpha value is -0.160. The summed E-state index contributed by atoms with van der Waals surface area (Å²) < 4.78 is 21.5. The molecule has 0 spiro atoms. The second-order valence-electron chi connectivity index (χ2n) is 5.00. The van der Waals surface area contributed by atoms with Gasteiger partial charge >= 0.3 is 0 Å². The number of epoxide rings is 1. The molecule has 1 aliphatic heterocycles. The minimum absolute atomic E-state index is 0.392. The molecule has 0 amide bonds. The van der Waals surface area contributed by atoms with Crippen LogP contribution in [0.1, 0.15) is 25.7 Å². The average Bonchev–Trinajstić information content (AvgIpc) is 3.16. The highest BCUT2D eigenvalue weighted by Gasteiger charge is 2.25. The van der Waals surface area contributed by atoms with Crippen molar-refractivity contribution in [3.8, 4) is 0 Å². The van der Waals surface area contributed by atoms with Crippen LogP contribution in [-0.2, 0) is 18.9 Å². The molecule has 1 aliphatic carbocycles. The molecule has 0 bridgehead atoms. The normalized spacial score (nSPS) is 32.6. The van der Waals surface area contributed by atoms with Gasteiger partial charge in [0.2, 0.25) is 0 Å². The number of hydrogen-bond acceptors (Lipinski definition) is 4. The third-order valence-corrected chi connectivity index (χ3v) is 3.49. The maximum Gasteiger partial charge on any atom is 0.104 e. The van der Waals surface area contributed by atoms with Gasteiger partial charge in [-0.25, -0.2) is 0 Å². The molecule has 1 saturated carbocycles. The van der Waals surface area contributed by atoms with Crippen LogP contribution in [0, 0.1) is 5.92 Å². The Balaban J connectivity index is 1.48. The molecule has 0 aromatic heterocycles. The zero-order valence-corrected chi connectivity index (χ0v) is 10.7. The van der Waals surface area contributed by atoms with Crippen molar-refractivity contribution in [3.05, 3.63) is 0 Å². The third-order valence-electron chi connectivity index (χ3n) is 3.49. The topological polar surface area (TPSA) is 40.2 Å². The molecule has 1 saturated heterocycles. The first kappa shape index (κ1) is 13.3. The Morgan fingerprint density at radius 2 is 1.82 bits per heavy atom. The van der Waals surface area contributed by atoms with E-state index in [1.807, 2.05) is 0 Å². The summed E-state index contributed by atoms with van der Waals surface area (Å²) in [5, 5.41) is 0. The van der Waals surface area contributed by atoms with Gasteiger partial charge in [0.25, 0.3) is 0 Å². The fourth-order valence-electron chi connectivity index (χ4n) is 2.29. The standard InChI is InChI=1S/C13H24O4/c1-14-6-7-16-12-4-2-11(3-5-12)8-15-9-13-10-17-13/h11-13H,2-10H2,1H3. The van der Waals surface area contributed by atoms with E-state index in [4.69, 9.17) is 18.9 Å². The van der Waals surface area contributed by atoms with E-state index >= 15 is 0 Å². The lowest BCUT2D eigenvalue weighted by Gasteiger charge is -2.28. The predicted molar refractivity (Wildman–Crippen MR) is 64.1 cm³/mol. The van der Waals surface area contributed by atoms with E-state index in [1.54, 1.807) is 7.11 Å². The molecule has 0 N–H and O–H groups in total. The van der Waals surface area contributed by atoms with Gasteiger partial charge in [-0.15, -0.1) is 0 Å². The average molecular weight is 244 g/mol. The van der Waals surface area contributed by atoms with Gasteiger partial charge in [-0.2, -0.15) is 0 Å². The molecule has 0 radical (unpaired) electrons. The van der Waals surface area contributed by atoms with E-state index in [0.29, 0.717) is 18.8 Å². The van der Waals surface area contributed by atoms with Gasteiger partial charge in [0.1, 0.15) is 6.10 Å². The summed E-state index contributed by atoms with van der Waals surface area (Å²) >= 11 is 0. The molecule has 0 aromatic carbocycles. The lowest BCUT2D eigenvalue weighted by atomic mass is 9.88. The SMILES string of the molecule is COCCOC1CCC(COCC2CO2)CC1. The molecule has 2 fully saturated rings. The molecule has 0 aromatic rings. The van der Waals surface area contributed by atoms with E-state index in [9.17, 15) is 0 Å². The van der Waals surface area contributed by atoms with Crippen LogP contribution in [0.25, 0.3) is 0 Å². The monoisotopic (exact) mass is 244 g/mol. The van der Waals surface area contributed by atoms with Gasteiger partial charge < -0.3 is 18.9 Å². The van der Waals surface area contributed by atoms with Crippen LogP contribution in [0.4, 0.5) is 0 Å². The molecule has 4 heteroatoms. The zero-order chi connectivity index (χ0) is 11.9. The second kappa shape index (κ2) is 7.31. The van der Waals surface area contributed by atoms with Crippen molar-refractivity contribution in [2.45, 2.75) is 37.9 Å². The summed E-state index contributed by atoms with van der Waals surface area (Å²) in [6.07, 6.45) is 5.61. The van der Waals surface area contributed by atoms with Crippen molar-refractivity contribution < 1.29 is 18.9 Å². The molecule has 100 valence electrons. The first-order valence-corrected chi connectivity index (χ1v) is 6.68. The van der Waals surface area contributed by atoms with Crippen molar-refractivity contribution in [1.82, 2.24) is 0 Å². The van der Waals surface area contributed by atoms with Gasteiger partial charge in [0.15, 0.2) is 0 Å². The third kappa shape index (κ3) is 5.34. The molecule has 1 unspecified atom stereocenters. The lowest BCUT2D eigenvalue weighted by molar-refractivity contribution is -0.0177. The second-order valence-corrected chi connectivity index (χ2v) is 5.00. The Morgan fingerprint density at radius 3 is 2.47 bits per heavy atom. The van der Waals surface area contributed by atoms with Gasteiger partial charge in [0.05, 0.1) is 32.5 Å². The number of ether oxygens (including phenoxy) is 4. The summed E-state index contributed by atoms with van der Waals surface area (Å²) in [6.45, 7) is 3.99. The maximum absolute atomic E-state index is 5.74. The largest absolute Gasteiger partial charge is 0.382 e. The number of rotatable bonds is 8. The minimum Gasteiger partial charge on any atom is -0.382 e. The van der Waals surface area contributed by atoms with Gasteiger partial charge in [-0.05, 0) is 31.6 Å². The molecule has 4 nitrogen and oxygen atoms in total. The van der Waals surface area contributed by atoms with Crippen molar-refractivity contribution in [2.75, 3.05) is 40.1 Å². The first-order chi connectivity index (χ1) is 8.38. The van der Waals surface area contributed by atoms with E-state index in [-0.39, 0.29) is 0 Å². The maximum atomic E-state index is 5.74. The summed E-state index contributed by atoms with van der Waals surface area (Å²) in [4.78, 5) is 0. The highest BCUT2D eigenvalue weighted by Crippen LogP contribution is 2.26. The molecular formula is C13H24O4.